The van der Waals surface area contributed by atoms with E-state index in [0.29, 0.717) is 36.8 Å². The van der Waals surface area contributed by atoms with Crippen LogP contribution in [-0.4, -0.2) is 50.1 Å². The number of hydrogen-bond donors (Lipinski definition) is 1. The lowest BCUT2D eigenvalue weighted by Gasteiger charge is -2.41. The SMILES string of the molecule is COC[C@H]1C(=O)NCC12CCN(C(=O)c1cccc(Cl)c1)CC2. The van der Waals surface area contributed by atoms with Gasteiger partial charge in [-0.25, -0.2) is 0 Å². The van der Waals surface area contributed by atoms with Gasteiger partial charge >= 0.3 is 0 Å². The highest BCUT2D eigenvalue weighted by Crippen LogP contribution is 2.42. The van der Waals surface area contributed by atoms with Crippen molar-refractivity contribution >= 4 is 23.4 Å². The Kier molecular flexibility index (Phi) is 4.60. The summed E-state index contributed by atoms with van der Waals surface area (Å²) in [5.74, 6) is -0.0414. The molecule has 2 aliphatic heterocycles. The van der Waals surface area contributed by atoms with E-state index in [2.05, 4.69) is 5.32 Å². The van der Waals surface area contributed by atoms with E-state index in [-0.39, 0.29) is 23.1 Å². The number of benzene rings is 1. The minimum atomic E-state index is -0.115. The number of amides is 2. The van der Waals surface area contributed by atoms with E-state index >= 15 is 0 Å². The fraction of sp³-hybridized carbons (Fsp3) is 0.529. The maximum absolute atomic E-state index is 12.6. The normalized spacial score (nSPS) is 23.1. The average Bonchev–Trinajstić information content (AvgIpc) is 2.85. The van der Waals surface area contributed by atoms with E-state index in [1.165, 1.54) is 0 Å². The van der Waals surface area contributed by atoms with Crippen LogP contribution in [0.25, 0.3) is 0 Å². The van der Waals surface area contributed by atoms with Crippen LogP contribution in [0.1, 0.15) is 23.2 Å². The number of ether oxygens (including phenoxy) is 1. The van der Waals surface area contributed by atoms with E-state index in [0.717, 1.165) is 12.8 Å². The summed E-state index contributed by atoms with van der Waals surface area (Å²) in [7, 11) is 1.62. The Bertz CT molecular complexity index is 612. The molecule has 1 aromatic carbocycles. The monoisotopic (exact) mass is 336 g/mol. The fourth-order valence-electron chi connectivity index (χ4n) is 3.69. The molecule has 1 aromatic rings. The zero-order valence-electron chi connectivity index (χ0n) is 13.2. The second-order valence-corrected chi connectivity index (χ2v) is 6.83. The van der Waals surface area contributed by atoms with Gasteiger partial charge in [-0.05, 0) is 31.0 Å². The molecule has 0 aliphatic carbocycles. The smallest absolute Gasteiger partial charge is 0.253 e. The number of rotatable bonds is 3. The highest BCUT2D eigenvalue weighted by Gasteiger charge is 2.49. The predicted molar refractivity (Wildman–Crippen MR) is 87.4 cm³/mol. The molecule has 2 heterocycles. The van der Waals surface area contributed by atoms with Gasteiger partial charge in [0.25, 0.3) is 5.91 Å². The maximum Gasteiger partial charge on any atom is 0.253 e. The molecule has 2 aliphatic rings. The van der Waals surface area contributed by atoms with Gasteiger partial charge in [0.15, 0.2) is 0 Å². The minimum absolute atomic E-state index is 0.00271. The molecule has 23 heavy (non-hydrogen) atoms. The Morgan fingerprint density at radius 3 is 2.83 bits per heavy atom. The second kappa shape index (κ2) is 6.49. The molecule has 5 nitrogen and oxygen atoms in total. The van der Waals surface area contributed by atoms with E-state index in [1.54, 1.807) is 31.4 Å². The molecule has 1 spiro atoms. The molecule has 1 atom stereocenters. The summed E-state index contributed by atoms with van der Waals surface area (Å²) in [4.78, 5) is 26.5. The van der Waals surface area contributed by atoms with E-state index in [9.17, 15) is 9.59 Å². The predicted octanol–water partition coefficient (Wildman–Crippen LogP) is 1.95. The van der Waals surface area contributed by atoms with Crippen LogP contribution in [0.4, 0.5) is 0 Å². The molecule has 3 rings (SSSR count). The van der Waals surface area contributed by atoms with Crippen LogP contribution in [0.15, 0.2) is 24.3 Å². The largest absolute Gasteiger partial charge is 0.384 e. The quantitative estimate of drug-likeness (QED) is 0.918. The summed E-state index contributed by atoms with van der Waals surface area (Å²) in [5, 5.41) is 3.52. The van der Waals surface area contributed by atoms with Crippen LogP contribution in [0.2, 0.25) is 5.02 Å². The van der Waals surface area contributed by atoms with Gasteiger partial charge in [0.1, 0.15) is 0 Å². The molecule has 1 N–H and O–H groups in total. The van der Waals surface area contributed by atoms with Gasteiger partial charge in [-0.1, -0.05) is 17.7 Å². The first-order valence-corrected chi connectivity index (χ1v) is 8.25. The van der Waals surface area contributed by atoms with Crippen LogP contribution in [0.3, 0.4) is 0 Å². The van der Waals surface area contributed by atoms with Crippen molar-refractivity contribution in [1.29, 1.82) is 0 Å². The van der Waals surface area contributed by atoms with Gasteiger partial charge in [-0.2, -0.15) is 0 Å². The second-order valence-electron chi connectivity index (χ2n) is 6.39. The lowest BCUT2D eigenvalue weighted by Crippen LogP contribution is -2.47. The molecule has 2 amide bonds. The standard InChI is InChI=1S/C17H21ClN2O3/c1-23-10-14-15(21)19-11-17(14)5-7-20(8-6-17)16(22)12-3-2-4-13(18)9-12/h2-4,9,14H,5-8,10-11H2,1H3,(H,19,21)/t14-/m0/s1. The Morgan fingerprint density at radius 1 is 1.43 bits per heavy atom. The molecule has 124 valence electrons. The number of likely N-dealkylation sites (tertiary alicyclic amines) is 1. The molecular formula is C17H21ClN2O3. The zero-order chi connectivity index (χ0) is 16.4. The summed E-state index contributed by atoms with van der Waals surface area (Å²) < 4.78 is 5.22. The van der Waals surface area contributed by atoms with Crippen molar-refractivity contribution in [3.8, 4) is 0 Å². The number of methoxy groups -OCH3 is 1. The first-order valence-electron chi connectivity index (χ1n) is 7.87. The third-order valence-corrected chi connectivity index (χ3v) is 5.36. The van der Waals surface area contributed by atoms with Crippen molar-refractivity contribution in [2.75, 3.05) is 33.4 Å². The lowest BCUT2D eigenvalue weighted by molar-refractivity contribution is -0.126. The first-order chi connectivity index (χ1) is 11.1. The van der Waals surface area contributed by atoms with Crippen molar-refractivity contribution in [1.82, 2.24) is 10.2 Å². The average molecular weight is 337 g/mol. The Hall–Kier alpha value is -1.59. The number of nitrogens with one attached hydrogen (secondary N) is 1. The highest BCUT2D eigenvalue weighted by molar-refractivity contribution is 6.30. The molecule has 2 saturated heterocycles. The van der Waals surface area contributed by atoms with E-state index in [1.807, 2.05) is 4.90 Å². The number of carbonyl (C=O) groups excluding carboxylic acids is 2. The number of piperidine rings is 1. The summed E-state index contributed by atoms with van der Waals surface area (Å²) in [5.41, 5.74) is 0.528. The molecule has 6 heteroatoms. The topological polar surface area (TPSA) is 58.6 Å². The number of nitrogens with zero attached hydrogens (tertiary/aromatic N) is 1. The van der Waals surface area contributed by atoms with Crippen LogP contribution in [0, 0.1) is 11.3 Å². The van der Waals surface area contributed by atoms with Crippen molar-refractivity contribution in [2.45, 2.75) is 12.8 Å². The van der Waals surface area contributed by atoms with Gasteiger partial charge in [-0.15, -0.1) is 0 Å². The minimum Gasteiger partial charge on any atom is -0.384 e. The van der Waals surface area contributed by atoms with Crippen molar-refractivity contribution in [3.05, 3.63) is 34.9 Å². The third-order valence-electron chi connectivity index (χ3n) is 5.12. The van der Waals surface area contributed by atoms with Gasteiger partial charge in [0, 0.05) is 42.7 Å². The molecule has 0 bridgehead atoms. The van der Waals surface area contributed by atoms with Crippen LogP contribution in [-0.2, 0) is 9.53 Å². The Balaban J connectivity index is 1.68. The van der Waals surface area contributed by atoms with Gasteiger partial charge in [0.2, 0.25) is 5.91 Å². The summed E-state index contributed by atoms with van der Waals surface area (Å²) in [6.45, 7) is 2.42. The zero-order valence-corrected chi connectivity index (χ0v) is 13.9. The lowest BCUT2D eigenvalue weighted by atomic mass is 9.71. The number of halogens is 1. The number of carbonyl (C=O) groups is 2. The van der Waals surface area contributed by atoms with E-state index < -0.39 is 0 Å². The summed E-state index contributed by atoms with van der Waals surface area (Å²) >= 11 is 5.97. The fourth-order valence-corrected chi connectivity index (χ4v) is 3.88. The molecule has 0 saturated carbocycles. The van der Waals surface area contributed by atoms with Gasteiger partial charge in [-0.3, -0.25) is 9.59 Å². The summed E-state index contributed by atoms with van der Waals surface area (Å²) in [6.07, 6.45) is 1.62. The van der Waals surface area contributed by atoms with Crippen LogP contribution >= 0.6 is 11.6 Å². The van der Waals surface area contributed by atoms with E-state index in [4.69, 9.17) is 16.3 Å². The number of hydrogen-bond acceptors (Lipinski definition) is 3. The third kappa shape index (κ3) is 3.08. The molecular weight excluding hydrogens is 316 g/mol. The van der Waals surface area contributed by atoms with Crippen molar-refractivity contribution in [2.24, 2.45) is 11.3 Å². The molecule has 0 aromatic heterocycles. The van der Waals surface area contributed by atoms with Crippen molar-refractivity contribution < 1.29 is 14.3 Å². The maximum atomic E-state index is 12.6. The molecule has 0 radical (unpaired) electrons. The van der Waals surface area contributed by atoms with Crippen LogP contribution < -0.4 is 5.32 Å². The Labute approximate surface area is 140 Å². The highest BCUT2D eigenvalue weighted by atomic mass is 35.5. The van der Waals surface area contributed by atoms with Crippen molar-refractivity contribution in [3.63, 3.8) is 0 Å². The van der Waals surface area contributed by atoms with Crippen LogP contribution in [0.5, 0.6) is 0 Å². The first kappa shape index (κ1) is 16.3. The Morgan fingerprint density at radius 2 is 2.17 bits per heavy atom. The summed E-state index contributed by atoms with van der Waals surface area (Å²) in [6, 6.07) is 7.03. The van der Waals surface area contributed by atoms with Gasteiger partial charge < -0.3 is 15.0 Å². The molecule has 2 fully saturated rings. The molecule has 0 unspecified atom stereocenters. The van der Waals surface area contributed by atoms with Gasteiger partial charge in [0.05, 0.1) is 12.5 Å².